The molecule has 1 aromatic rings. The number of anilines is 1. The van der Waals surface area contributed by atoms with Gasteiger partial charge in [0, 0.05) is 36.7 Å². The summed E-state index contributed by atoms with van der Waals surface area (Å²) >= 11 is 0. The summed E-state index contributed by atoms with van der Waals surface area (Å²) < 4.78 is 11.8. The Labute approximate surface area is 158 Å². The molecule has 4 aliphatic heterocycles. The zero-order valence-electron chi connectivity index (χ0n) is 15.5. The zero-order valence-corrected chi connectivity index (χ0v) is 15.5. The zero-order chi connectivity index (χ0) is 18.6. The van der Waals surface area contributed by atoms with Crippen molar-refractivity contribution >= 4 is 11.7 Å². The van der Waals surface area contributed by atoms with Crippen LogP contribution in [-0.2, 0) is 19.7 Å². The Hall–Kier alpha value is -1.89. The molecule has 6 heteroatoms. The smallest absolute Gasteiger partial charge is 0.340 e. The van der Waals surface area contributed by atoms with Gasteiger partial charge in [0.05, 0.1) is 30.8 Å². The van der Waals surface area contributed by atoms with Crippen LogP contribution in [0.4, 0.5) is 5.69 Å². The van der Waals surface area contributed by atoms with Crippen molar-refractivity contribution in [3.63, 3.8) is 0 Å². The second-order valence-electron chi connectivity index (χ2n) is 8.76. The molecule has 0 radical (unpaired) electrons. The number of hydrogen-bond acceptors (Lipinski definition) is 6. The number of carbonyl (C=O) groups is 1. The number of benzene rings is 1. The molecular weight excluding hydrogens is 344 g/mol. The van der Waals surface area contributed by atoms with Gasteiger partial charge in [0.2, 0.25) is 0 Å². The van der Waals surface area contributed by atoms with E-state index in [-0.39, 0.29) is 29.6 Å². The monoisotopic (exact) mass is 368 g/mol. The van der Waals surface area contributed by atoms with Crippen molar-refractivity contribution in [2.75, 3.05) is 25.5 Å². The minimum absolute atomic E-state index is 0.0847. The van der Waals surface area contributed by atoms with E-state index in [1.54, 1.807) is 0 Å². The topological polar surface area (TPSA) is 71.0 Å². The average Bonchev–Trinajstić information content (AvgIpc) is 3.26. The van der Waals surface area contributed by atoms with Crippen molar-refractivity contribution < 1.29 is 19.4 Å². The van der Waals surface area contributed by atoms with Crippen LogP contribution in [0.2, 0.25) is 0 Å². The number of ether oxygens (including phenoxy) is 2. The molecule has 2 spiro atoms. The maximum atomic E-state index is 13.1. The van der Waals surface area contributed by atoms with E-state index in [0.29, 0.717) is 13.0 Å². The fourth-order valence-corrected chi connectivity index (χ4v) is 7.18. The van der Waals surface area contributed by atoms with E-state index < -0.39 is 17.1 Å². The highest BCUT2D eigenvalue weighted by Crippen LogP contribution is 2.69. The Balaban J connectivity index is 1.70. The van der Waals surface area contributed by atoms with Gasteiger partial charge in [0.1, 0.15) is 0 Å². The molecule has 7 unspecified atom stereocenters. The van der Waals surface area contributed by atoms with Gasteiger partial charge < -0.3 is 19.9 Å². The van der Waals surface area contributed by atoms with E-state index in [9.17, 15) is 9.90 Å². The second-order valence-corrected chi connectivity index (χ2v) is 8.76. The average molecular weight is 368 g/mol. The minimum Gasteiger partial charge on any atom is -0.467 e. The molecular formula is C21H24N2O4. The molecule has 1 aromatic carbocycles. The summed E-state index contributed by atoms with van der Waals surface area (Å²) in [7, 11) is 1.42. The van der Waals surface area contributed by atoms with E-state index in [2.05, 4.69) is 35.4 Å². The van der Waals surface area contributed by atoms with Crippen molar-refractivity contribution in [1.82, 2.24) is 4.90 Å². The molecule has 1 aliphatic carbocycles. The number of esters is 1. The molecule has 7 atom stereocenters. The molecule has 6 nitrogen and oxygen atoms in total. The first-order valence-corrected chi connectivity index (χ1v) is 9.73. The van der Waals surface area contributed by atoms with Gasteiger partial charge in [-0.25, -0.2) is 4.79 Å². The number of hydrogen-bond donors (Lipinski definition) is 2. The molecule has 2 bridgehead atoms. The number of aliphatic hydroxyl groups excluding tert-OH is 1. The maximum absolute atomic E-state index is 13.1. The summed E-state index contributed by atoms with van der Waals surface area (Å²) in [6, 6.07) is 7.87. The largest absolute Gasteiger partial charge is 0.467 e. The van der Waals surface area contributed by atoms with Gasteiger partial charge in [0.25, 0.3) is 0 Å². The summed E-state index contributed by atoms with van der Waals surface area (Å²) in [6.07, 6.45) is 4.28. The first-order valence-electron chi connectivity index (χ1n) is 9.73. The Morgan fingerprint density at radius 3 is 3.04 bits per heavy atom. The van der Waals surface area contributed by atoms with Crippen molar-refractivity contribution in [3.05, 3.63) is 42.0 Å². The summed E-state index contributed by atoms with van der Waals surface area (Å²) in [4.78, 5) is 15.5. The number of fused-ring (bicyclic) bond motifs is 3. The van der Waals surface area contributed by atoms with Crippen molar-refractivity contribution in [2.24, 2.45) is 5.41 Å². The van der Waals surface area contributed by atoms with E-state index in [1.807, 2.05) is 18.2 Å². The Bertz CT molecular complexity index is 887. The lowest BCUT2D eigenvalue weighted by Crippen LogP contribution is -2.72. The van der Waals surface area contributed by atoms with Crippen LogP contribution in [-0.4, -0.2) is 66.1 Å². The predicted molar refractivity (Wildman–Crippen MR) is 98.4 cm³/mol. The molecule has 4 heterocycles. The lowest BCUT2D eigenvalue weighted by atomic mass is 9.50. The molecule has 3 fully saturated rings. The van der Waals surface area contributed by atoms with Gasteiger partial charge in [-0.1, -0.05) is 30.4 Å². The molecule has 0 aromatic heterocycles. The Morgan fingerprint density at radius 1 is 1.41 bits per heavy atom. The summed E-state index contributed by atoms with van der Waals surface area (Å²) in [5.41, 5.74) is 0.0565. The third-order valence-corrected chi connectivity index (χ3v) is 7.93. The van der Waals surface area contributed by atoms with Crippen LogP contribution in [0.5, 0.6) is 0 Å². The number of para-hydroxylation sites is 1. The molecule has 1 saturated carbocycles. The van der Waals surface area contributed by atoms with Gasteiger partial charge in [0.15, 0.2) is 5.60 Å². The highest BCUT2D eigenvalue weighted by Gasteiger charge is 2.82. The fourth-order valence-electron chi connectivity index (χ4n) is 7.18. The maximum Gasteiger partial charge on any atom is 0.340 e. The number of methoxy groups -OCH3 is 1. The summed E-state index contributed by atoms with van der Waals surface area (Å²) in [5.74, 6) is -0.348. The minimum atomic E-state index is -1.11. The number of carbonyl (C=O) groups excluding carboxylic acids is 1. The third-order valence-electron chi connectivity index (χ3n) is 7.93. The van der Waals surface area contributed by atoms with Crippen molar-refractivity contribution in [3.8, 4) is 0 Å². The highest BCUT2D eigenvalue weighted by atomic mass is 16.6. The number of aliphatic hydroxyl groups is 1. The molecule has 2 saturated heterocycles. The van der Waals surface area contributed by atoms with Gasteiger partial charge in [-0.2, -0.15) is 0 Å². The summed E-state index contributed by atoms with van der Waals surface area (Å²) in [5, 5.41) is 15.1. The van der Waals surface area contributed by atoms with Gasteiger partial charge >= 0.3 is 5.97 Å². The van der Waals surface area contributed by atoms with E-state index in [1.165, 1.54) is 7.11 Å². The van der Waals surface area contributed by atoms with E-state index >= 15 is 0 Å². The second kappa shape index (κ2) is 4.74. The summed E-state index contributed by atoms with van der Waals surface area (Å²) in [6.45, 7) is 3.48. The molecule has 6 rings (SSSR count). The van der Waals surface area contributed by atoms with Crippen LogP contribution >= 0.6 is 0 Å². The SMILES string of the molecule is COC(=O)C12CC3(C=CCN4CC(O)C5(c6ccccc6NC15)C43)C(C)O2. The van der Waals surface area contributed by atoms with Crippen LogP contribution in [0.1, 0.15) is 18.9 Å². The standard InChI is InChI=1S/C21H24N2O4/c1-12-19-8-5-9-23-10-15(24)21(17(19)23)13-6-3-4-7-14(13)22-16(21)20(11-19,27-12)18(25)26-2/h3-8,12,15-17,22,24H,9-11H2,1-2H3. The molecule has 27 heavy (non-hydrogen) atoms. The first kappa shape index (κ1) is 16.1. The molecule has 5 aliphatic rings. The Morgan fingerprint density at radius 2 is 2.22 bits per heavy atom. The number of rotatable bonds is 1. The van der Waals surface area contributed by atoms with Crippen LogP contribution < -0.4 is 5.32 Å². The quantitative estimate of drug-likeness (QED) is 0.571. The molecule has 142 valence electrons. The highest BCUT2D eigenvalue weighted by molar-refractivity contribution is 5.86. The number of nitrogens with zero attached hydrogens (tertiary/aromatic N) is 1. The predicted octanol–water partition coefficient (Wildman–Crippen LogP) is 1.05. The van der Waals surface area contributed by atoms with Crippen molar-refractivity contribution in [2.45, 2.75) is 48.7 Å². The van der Waals surface area contributed by atoms with Crippen molar-refractivity contribution in [1.29, 1.82) is 0 Å². The molecule has 0 amide bonds. The van der Waals surface area contributed by atoms with Crippen LogP contribution in [0.25, 0.3) is 0 Å². The van der Waals surface area contributed by atoms with Crippen LogP contribution in [0.15, 0.2) is 36.4 Å². The van der Waals surface area contributed by atoms with E-state index in [0.717, 1.165) is 17.8 Å². The van der Waals surface area contributed by atoms with Crippen LogP contribution in [0.3, 0.4) is 0 Å². The van der Waals surface area contributed by atoms with E-state index in [4.69, 9.17) is 9.47 Å². The molecule has 2 N–H and O–H groups in total. The van der Waals surface area contributed by atoms with Gasteiger partial charge in [-0.05, 0) is 18.6 Å². The van der Waals surface area contributed by atoms with Crippen LogP contribution in [0, 0.1) is 5.41 Å². The normalized spacial score (nSPS) is 48.6. The lowest BCUT2D eigenvalue weighted by molar-refractivity contribution is -0.172. The fraction of sp³-hybridized carbons (Fsp3) is 0.571. The lowest BCUT2D eigenvalue weighted by Gasteiger charge is -2.56. The Kier molecular flexibility index (Phi) is 2.83. The van der Waals surface area contributed by atoms with Gasteiger partial charge in [-0.15, -0.1) is 0 Å². The number of nitrogens with one attached hydrogen (secondary N) is 1. The third kappa shape index (κ3) is 1.48. The first-order chi connectivity index (χ1) is 13.0. The van der Waals surface area contributed by atoms with Gasteiger partial charge in [-0.3, -0.25) is 4.90 Å².